The molecule has 2 aromatic carbocycles. The minimum absolute atomic E-state index is 0.0445. The van der Waals surface area contributed by atoms with E-state index >= 15 is 0 Å². The summed E-state index contributed by atoms with van der Waals surface area (Å²) in [6.45, 7) is 0. The molecule has 0 bridgehead atoms. The molecule has 0 saturated carbocycles. The van der Waals surface area contributed by atoms with Crippen molar-refractivity contribution in [2.45, 2.75) is 0 Å². The minimum atomic E-state index is 0.0445. The molecule has 0 amide bonds. The molecule has 4 aromatic rings. The Morgan fingerprint density at radius 3 is 2.35 bits per heavy atom. The lowest BCUT2D eigenvalue weighted by Gasteiger charge is -2.02. The van der Waals surface area contributed by atoms with Crippen molar-refractivity contribution in [2.75, 3.05) is 0 Å². The first kappa shape index (κ1) is 13.6. The van der Waals surface area contributed by atoms with Gasteiger partial charge in [-0.25, -0.2) is 4.98 Å². The number of fused-ring (bicyclic) bond motifs is 1. The van der Waals surface area contributed by atoms with Crippen molar-refractivity contribution in [3.05, 3.63) is 59.6 Å². The van der Waals surface area contributed by atoms with Crippen LogP contribution in [-0.2, 0) is 0 Å². The Balaban J connectivity index is 1.81. The zero-order chi connectivity index (χ0) is 15.8. The van der Waals surface area contributed by atoms with Gasteiger partial charge in [-0.15, -0.1) is 11.3 Å². The molecule has 0 radical (unpaired) electrons. The van der Waals surface area contributed by atoms with Gasteiger partial charge in [-0.05, 0) is 5.56 Å². The first-order chi connectivity index (χ1) is 11.3. The Hall–Kier alpha value is -3.10. The molecule has 110 valence electrons. The van der Waals surface area contributed by atoms with Crippen LogP contribution in [0.3, 0.4) is 0 Å². The molecule has 0 aliphatic carbocycles. The topological polar surface area (TPSA) is 72.7 Å². The highest BCUT2D eigenvalue weighted by molar-refractivity contribution is 7.13. The van der Waals surface area contributed by atoms with Crippen LogP contribution in [0, 0.1) is 11.3 Å². The second kappa shape index (κ2) is 5.27. The molecule has 4 rings (SSSR count). The third kappa shape index (κ3) is 2.26. The lowest BCUT2D eigenvalue weighted by molar-refractivity contribution is 0.458. The SMILES string of the molecule is N#Cc1[nH]c(-c2ccc(-c3nc(O)cs3)cc2)c2ccccc12. The van der Waals surface area contributed by atoms with Gasteiger partial charge in [0.1, 0.15) is 16.8 Å². The van der Waals surface area contributed by atoms with E-state index in [0.717, 1.165) is 32.6 Å². The van der Waals surface area contributed by atoms with E-state index in [9.17, 15) is 10.4 Å². The number of benzene rings is 2. The smallest absolute Gasteiger partial charge is 0.222 e. The van der Waals surface area contributed by atoms with Gasteiger partial charge < -0.3 is 10.1 Å². The predicted octanol–water partition coefficient (Wildman–Crippen LogP) is 4.54. The summed E-state index contributed by atoms with van der Waals surface area (Å²) in [5, 5.41) is 23.0. The summed E-state index contributed by atoms with van der Waals surface area (Å²) < 4.78 is 0. The van der Waals surface area contributed by atoms with Crippen molar-refractivity contribution in [1.29, 1.82) is 5.26 Å². The van der Waals surface area contributed by atoms with E-state index in [1.165, 1.54) is 11.3 Å². The lowest BCUT2D eigenvalue weighted by atomic mass is 10.1. The second-order valence-corrected chi connectivity index (χ2v) is 5.98. The molecule has 2 aromatic heterocycles. The molecule has 2 heterocycles. The molecule has 5 heteroatoms. The van der Waals surface area contributed by atoms with E-state index in [-0.39, 0.29) is 5.88 Å². The van der Waals surface area contributed by atoms with Gasteiger partial charge in [-0.1, -0.05) is 48.5 Å². The quantitative estimate of drug-likeness (QED) is 0.570. The van der Waals surface area contributed by atoms with Crippen LogP contribution >= 0.6 is 11.3 Å². The van der Waals surface area contributed by atoms with Crippen LogP contribution in [0.15, 0.2) is 53.9 Å². The van der Waals surface area contributed by atoms with Gasteiger partial charge in [0, 0.05) is 16.3 Å². The standard InChI is InChI=1S/C18H11N3OS/c19-9-15-13-3-1-2-4-14(13)17(20-15)11-5-7-12(8-6-11)18-21-16(22)10-23-18/h1-8,10,20,22H. The van der Waals surface area contributed by atoms with Crippen LogP contribution in [0.25, 0.3) is 32.6 Å². The Morgan fingerprint density at radius 2 is 1.70 bits per heavy atom. The molecular formula is C18H11N3OS. The van der Waals surface area contributed by atoms with Crippen LogP contribution in [0.1, 0.15) is 5.69 Å². The van der Waals surface area contributed by atoms with Crippen molar-refractivity contribution < 1.29 is 5.11 Å². The summed E-state index contributed by atoms with van der Waals surface area (Å²) in [6.07, 6.45) is 0. The molecule has 0 aliphatic rings. The van der Waals surface area contributed by atoms with Gasteiger partial charge in [-0.3, -0.25) is 0 Å². The van der Waals surface area contributed by atoms with Crippen molar-refractivity contribution in [3.63, 3.8) is 0 Å². The van der Waals surface area contributed by atoms with Crippen molar-refractivity contribution in [2.24, 2.45) is 0 Å². The number of nitrogens with zero attached hydrogens (tertiary/aromatic N) is 2. The summed E-state index contributed by atoms with van der Waals surface area (Å²) >= 11 is 1.40. The van der Waals surface area contributed by atoms with Crippen molar-refractivity contribution in [3.8, 4) is 33.8 Å². The van der Waals surface area contributed by atoms with Crippen LogP contribution < -0.4 is 0 Å². The number of H-pyrrole nitrogens is 1. The molecule has 0 spiro atoms. The summed E-state index contributed by atoms with van der Waals surface area (Å²) in [6, 6.07) is 18.0. The Bertz CT molecular complexity index is 1040. The van der Waals surface area contributed by atoms with E-state index in [1.54, 1.807) is 5.38 Å². The third-order valence-corrected chi connectivity index (χ3v) is 4.62. The first-order valence-electron chi connectivity index (χ1n) is 7.02. The maximum absolute atomic E-state index is 9.36. The van der Waals surface area contributed by atoms with Crippen LogP contribution in [0.2, 0.25) is 0 Å². The molecule has 23 heavy (non-hydrogen) atoms. The van der Waals surface area contributed by atoms with Crippen LogP contribution in [0.4, 0.5) is 0 Å². The largest absolute Gasteiger partial charge is 0.493 e. The fourth-order valence-electron chi connectivity index (χ4n) is 2.67. The van der Waals surface area contributed by atoms with Gasteiger partial charge in [0.15, 0.2) is 0 Å². The fraction of sp³-hybridized carbons (Fsp3) is 0. The van der Waals surface area contributed by atoms with E-state index in [4.69, 9.17) is 0 Å². The summed E-state index contributed by atoms with van der Waals surface area (Å²) in [5.41, 5.74) is 3.47. The number of nitriles is 1. The fourth-order valence-corrected chi connectivity index (χ4v) is 3.36. The molecule has 0 unspecified atom stereocenters. The predicted molar refractivity (Wildman–Crippen MR) is 91.2 cm³/mol. The number of aromatic hydroxyl groups is 1. The summed E-state index contributed by atoms with van der Waals surface area (Å²) in [4.78, 5) is 7.28. The molecule has 2 N–H and O–H groups in total. The molecule has 0 saturated heterocycles. The average molecular weight is 317 g/mol. The van der Waals surface area contributed by atoms with Crippen LogP contribution in [0.5, 0.6) is 5.88 Å². The maximum atomic E-state index is 9.36. The minimum Gasteiger partial charge on any atom is -0.493 e. The van der Waals surface area contributed by atoms with Crippen LogP contribution in [-0.4, -0.2) is 15.1 Å². The molecular weight excluding hydrogens is 306 g/mol. The van der Waals surface area contributed by atoms with E-state index in [2.05, 4.69) is 16.0 Å². The third-order valence-electron chi connectivity index (χ3n) is 3.74. The zero-order valence-electron chi connectivity index (χ0n) is 11.9. The van der Waals surface area contributed by atoms with E-state index in [1.807, 2.05) is 48.5 Å². The summed E-state index contributed by atoms with van der Waals surface area (Å²) in [5.74, 6) is 0.0445. The molecule has 0 aliphatic heterocycles. The highest BCUT2D eigenvalue weighted by Crippen LogP contribution is 2.32. The number of nitrogens with one attached hydrogen (secondary N) is 1. The Morgan fingerprint density at radius 1 is 1.00 bits per heavy atom. The average Bonchev–Trinajstić information content (AvgIpc) is 3.19. The molecule has 4 nitrogen and oxygen atoms in total. The molecule has 0 atom stereocenters. The van der Waals surface area contributed by atoms with Crippen molar-refractivity contribution >= 4 is 22.1 Å². The highest BCUT2D eigenvalue weighted by Gasteiger charge is 2.11. The maximum Gasteiger partial charge on any atom is 0.222 e. The monoisotopic (exact) mass is 317 g/mol. The number of aromatic nitrogens is 2. The highest BCUT2D eigenvalue weighted by atomic mass is 32.1. The van der Waals surface area contributed by atoms with Gasteiger partial charge in [0.05, 0.1) is 11.1 Å². The number of hydrogen-bond acceptors (Lipinski definition) is 4. The van der Waals surface area contributed by atoms with Gasteiger partial charge in [0.2, 0.25) is 5.88 Å². The number of thiazole rings is 1. The Labute approximate surface area is 136 Å². The second-order valence-electron chi connectivity index (χ2n) is 5.12. The molecule has 0 fully saturated rings. The summed E-state index contributed by atoms with van der Waals surface area (Å²) in [7, 11) is 0. The number of rotatable bonds is 2. The first-order valence-corrected chi connectivity index (χ1v) is 7.90. The van der Waals surface area contributed by atoms with Gasteiger partial charge >= 0.3 is 0 Å². The lowest BCUT2D eigenvalue weighted by Crippen LogP contribution is -1.81. The van der Waals surface area contributed by atoms with E-state index in [0.29, 0.717) is 5.69 Å². The van der Waals surface area contributed by atoms with Gasteiger partial charge in [0.25, 0.3) is 0 Å². The normalized spacial score (nSPS) is 10.7. The Kier molecular flexibility index (Phi) is 3.11. The van der Waals surface area contributed by atoms with E-state index < -0.39 is 0 Å². The van der Waals surface area contributed by atoms with Gasteiger partial charge in [-0.2, -0.15) is 5.26 Å². The zero-order valence-corrected chi connectivity index (χ0v) is 12.8. The number of hydrogen-bond donors (Lipinski definition) is 2. The number of aromatic amines is 1. The van der Waals surface area contributed by atoms with Crippen molar-refractivity contribution in [1.82, 2.24) is 9.97 Å².